The lowest BCUT2D eigenvalue weighted by molar-refractivity contribution is 0.0938. The molecule has 1 aliphatic carbocycles. The molecule has 0 saturated carbocycles. The Bertz CT molecular complexity index is 1220. The van der Waals surface area contributed by atoms with Crippen LogP contribution in [-0.2, 0) is 12.8 Å². The number of nitrogens with zero attached hydrogens (tertiary/aromatic N) is 3. The average Bonchev–Trinajstić information content (AvgIpc) is 3.45. The highest BCUT2D eigenvalue weighted by atomic mass is 16.5. The number of methoxy groups -OCH3 is 3. The van der Waals surface area contributed by atoms with Crippen LogP contribution in [0.4, 0.5) is 0 Å². The smallest absolute Gasteiger partial charge is 0.273 e. The van der Waals surface area contributed by atoms with Gasteiger partial charge in [0.25, 0.3) is 5.91 Å². The van der Waals surface area contributed by atoms with Crippen LogP contribution in [0.1, 0.15) is 45.3 Å². The Morgan fingerprint density at radius 3 is 2.42 bits per heavy atom. The molecule has 1 N–H and O–H groups in total. The van der Waals surface area contributed by atoms with Crippen LogP contribution in [0, 0.1) is 18.3 Å². The lowest BCUT2D eigenvalue weighted by Gasteiger charge is -2.17. The van der Waals surface area contributed by atoms with E-state index in [1.165, 1.54) is 21.3 Å². The summed E-state index contributed by atoms with van der Waals surface area (Å²) in [5, 5.41) is 17.3. The van der Waals surface area contributed by atoms with Crippen molar-refractivity contribution in [3.05, 3.63) is 64.5 Å². The number of hydrogen-bond acceptors (Lipinski definition) is 6. The van der Waals surface area contributed by atoms with Crippen LogP contribution in [-0.4, -0.2) is 37.0 Å². The van der Waals surface area contributed by atoms with E-state index in [0.717, 1.165) is 41.8 Å². The van der Waals surface area contributed by atoms with E-state index in [1.807, 2.05) is 35.9 Å². The van der Waals surface area contributed by atoms with Gasteiger partial charge in [-0.2, -0.15) is 10.4 Å². The molecule has 170 valence electrons. The molecule has 0 fully saturated rings. The average molecular weight is 447 g/mol. The highest BCUT2D eigenvalue weighted by Gasteiger charge is 2.29. The third-order valence-corrected chi connectivity index (χ3v) is 5.91. The Hall–Kier alpha value is -3.99. The lowest BCUT2D eigenvalue weighted by Crippen LogP contribution is -2.29. The third-order valence-electron chi connectivity index (χ3n) is 5.91. The van der Waals surface area contributed by atoms with E-state index in [-0.39, 0.29) is 5.91 Å². The molecule has 1 unspecified atom stereocenters. The highest BCUT2D eigenvalue weighted by molar-refractivity contribution is 5.94. The Morgan fingerprint density at radius 2 is 1.82 bits per heavy atom. The van der Waals surface area contributed by atoms with Crippen LogP contribution in [0.2, 0.25) is 0 Å². The number of aryl methyl sites for hydroxylation is 1. The molecule has 8 heteroatoms. The predicted molar refractivity (Wildman–Crippen MR) is 122 cm³/mol. The van der Waals surface area contributed by atoms with Crippen LogP contribution in [0.25, 0.3) is 5.69 Å². The Labute approximate surface area is 192 Å². The quantitative estimate of drug-likeness (QED) is 0.594. The maximum Gasteiger partial charge on any atom is 0.273 e. The molecule has 0 aliphatic heterocycles. The molecule has 0 saturated heterocycles. The van der Waals surface area contributed by atoms with Crippen molar-refractivity contribution in [1.29, 1.82) is 5.26 Å². The first-order chi connectivity index (χ1) is 16.0. The molecule has 1 amide bonds. The van der Waals surface area contributed by atoms with Crippen molar-refractivity contribution in [3.63, 3.8) is 0 Å². The van der Waals surface area contributed by atoms with E-state index >= 15 is 0 Å². The van der Waals surface area contributed by atoms with Gasteiger partial charge in [-0.1, -0.05) is 18.2 Å². The summed E-state index contributed by atoms with van der Waals surface area (Å²) in [5.41, 5.74) is 4.91. The summed E-state index contributed by atoms with van der Waals surface area (Å²) >= 11 is 0. The van der Waals surface area contributed by atoms with Crippen molar-refractivity contribution in [1.82, 2.24) is 15.1 Å². The zero-order valence-electron chi connectivity index (χ0n) is 19.1. The molecule has 0 bridgehead atoms. The fraction of sp³-hybridized carbons (Fsp3) is 0.320. The number of ether oxygens (including phenoxy) is 3. The standard InChI is InChI=1S/C25H26N4O4/c1-15-8-5-6-10-19(15)29-20-11-7-9-17(20)23(28-29)25(30)27-18(14-26)16-12-21(31-2)24(33-4)22(13-16)32-3/h5-6,8,10,12-13,18H,7,9,11H2,1-4H3,(H,27,30). The minimum Gasteiger partial charge on any atom is -0.493 e. The van der Waals surface area contributed by atoms with Crippen molar-refractivity contribution >= 4 is 5.91 Å². The zero-order valence-corrected chi connectivity index (χ0v) is 19.1. The minimum atomic E-state index is -0.924. The molecular formula is C25H26N4O4. The van der Waals surface area contributed by atoms with Gasteiger partial charge in [-0.15, -0.1) is 0 Å². The number of carbonyl (C=O) groups excluding carboxylic acids is 1. The molecule has 4 rings (SSSR count). The summed E-state index contributed by atoms with van der Waals surface area (Å²) in [5.74, 6) is 0.847. The number of nitrogens with one attached hydrogen (secondary N) is 1. The van der Waals surface area contributed by atoms with Gasteiger partial charge in [-0.25, -0.2) is 4.68 Å². The predicted octanol–water partition coefficient (Wildman–Crippen LogP) is 3.69. The number of para-hydroxylation sites is 1. The number of carbonyl (C=O) groups is 1. The number of benzene rings is 2. The van der Waals surface area contributed by atoms with Crippen LogP contribution >= 0.6 is 0 Å². The summed E-state index contributed by atoms with van der Waals surface area (Å²) in [7, 11) is 4.51. The fourth-order valence-corrected chi connectivity index (χ4v) is 4.28. The van der Waals surface area contributed by atoms with Crippen LogP contribution in [0.5, 0.6) is 17.2 Å². The largest absolute Gasteiger partial charge is 0.493 e. The molecule has 0 radical (unpaired) electrons. The molecular weight excluding hydrogens is 420 g/mol. The van der Waals surface area contributed by atoms with E-state index in [4.69, 9.17) is 14.2 Å². The zero-order chi connectivity index (χ0) is 23.5. The molecule has 33 heavy (non-hydrogen) atoms. The summed E-state index contributed by atoms with van der Waals surface area (Å²) in [4.78, 5) is 13.3. The summed E-state index contributed by atoms with van der Waals surface area (Å²) in [6.07, 6.45) is 2.61. The fourth-order valence-electron chi connectivity index (χ4n) is 4.28. The van der Waals surface area contributed by atoms with Gasteiger partial charge in [0.05, 0.1) is 33.1 Å². The molecule has 8 nitrogen and oxygen atoms in total. The number of amides is 1. The number of hydrogen-bond donors (Lipinski definition) is 1. The molecule has 2 aromatic carbocycles. The van der Waals surface area contributed by atoms with Crippen molar-refractivity contribution in [3.8, 4) is 29.0 Å². The molecule has 1 aliphatic rings. The molecule has 1 atom stereocenters. The number of rotatable bonds is 7. The van der Waals surface area contributed by atoms with Gasteiger partial charge >= 0.3 is 0 Å². The molecule has 3 aromatic rings. The minimum absolute atomic E-state index is 0.360. The van der Waals surface area contributed by atoms with E-state index in [9.17, 15) is 10.1 Å². The maximum absolute atomic E-state index is 13.3. The van der Waals surface area contributed by atoms with Gasteiger partial charge in [0.2, 0.25) is 5.75 Å². The van der Waals surface area contributed by atoms with E-state index in [2.05, 4.69) is 16.5 Å². The van der Waals surface area contributed by atoms with Crippen LogP contribution < -0.4 is 19.5 Å². The Balaban J connectivity index is 1.68. The molecule has 1 heterocycles. The van der Waals surface area contributed by atoms with Gasteiger partial charge in [0, 0.05) is 11.3 Å². The number of aromatic nitrogens is 2. The molecule has 1 aromatic heterocycles. The summed E-state index contributed by atoms with van der Waals surface area (Å²) in [6.45, 7) is 2.02. The van der Waals surface area contributed by atoms with Crippen molar-refractivity contribution in [2.24, 2.45) is 0 Å². The SMILES string of the molecule is COc1cc(C(C#N)NC(=O)c2nn(-c3ccccc3C)c3c2CCC3)cc(OC)c1OC. The maximum atomic E-state index is 13.3. The second-order valence-electron chi connectivity index (χ2n) is 7.82. The van der Waals surface area contributed by atoms with Gasteiger partial charge in [-0.3, -0.25) is 4.79 Å². The second kappa shape index (κ2) is 9.25. The second-order valence-corrected chi connectivity index (χ2v) is 7.82. The first-order valence-corrected chi connectivity index (χ1v) is 10.7. The third kappa shape index (κ3) is 3.98. The van der Waals surface area contributed by atoms with Gasteiger partial charge in [-0.05, 0) is 55.5 Å². The monoisotopic (exact) mass is 446 g/mol. The van der Waals surface area contributed by atoms with Crippen molar-refractivity contribution < 1.29 is 19.0 Å². The van der Waals surface area contributed by atoms with Gasteiger partial charge < -0.3 is 19.5 Å². The van der Waals surface area contributed by atoms with Crippen molar-refractivity contribution in [2.75, 3.05) is 21.3 Å². The first kappa shape index (κ1) is 22.2. The highest BCUT2D eigenvalue weighted by Crippen LogP contribution is 2.39. The van der Waals surface area contributed by atoms with E-state index < -0.39 is 6.04 Å². The number of nitriles is 1. The summed E-state index contributed by atoms with van der Waals surface area (Å²) in [6, 6.07) is 12.5. The van der Waals surface area contributed by atoms with Crippen LogP contribution in [0.3, 0.4) is 0 Å². The van der Waals surface area contributed by atoms with Gasteiger partial charge in [0.15, 0.2) is 17.2 Å². The van der Waals surface area contributed by atoms with Crippen LogP contribution in [0.15, 0.2) is 36.4 Å². The normalized spacial score (nSPS) is 13.1. The van der Waals surface area contributed by atoms with E-state index in [0.29, 0.717) is 28.5 Å². The summed E-state index contributed by atoms with van der Waals surface area (Å²) < 4.78 is 18.0. The van der Waals surface area contributed by atoms with E-state index in [1.54, 1.807) is 12.1 Å². The van der Waals surface area contributed by atoms with Crippen molar-refractivity contribution in [2.45, 2.75) is 32.2 Å². The topological polar surface area (TPSA) is 98.4 Å². The van der Waals surface area contributed by atoms with Gasteiger partial charge in [0.1, 0.15) is 6.04 Å². The lowest BCUT2D eigenvalue weighted by atomic mass is 10.1. The first-order valence-electron chi connectivity index (χ1n) is 10.7. The Morgan fingerprint density at radius 1 is 1.12 bits per heavy atom. The Kier molecular flexibility index (Phi) is 6.22. The molecule has 0 spiro atoms. The number of fused-ring (bicyclic) bond motifs is 1.